The highest BCUT2D eigenvalue weighted by molar-refractivity contribution is 5.80. The Hall–Kier alpha value is -2.36. The van der Waals surface area contributed by atoms with Crippen LogP contribution in [0.25, 0.3) is 0 Å². The highest BCUT2D eigenvalue weighted by Gasteiger charge is 2.40. The first-order valence-electron chi connectivity index (χ1n) is 8.82. The Morgan fingerprint density at radius 2 is 1.96 bits per heavy atom. The van der Waals surface area contributed by atoms with E-state index in [1.165, 1.54) is 5.56 Å². The van der Waals surface area contributed by atoms with E-state index < -0.39 is 0 Å². The number of hydrogen-bond acceptors (Lipinski definition) is 3. The highest BCUT2D eigenvalue weighted by atomic mass is 16.2. The Kier molecular flexibility index (Phi) is 4.20. The van der Waals surface area contributed by atoms with Crippen LogP contribution in [-0.4, -0.2) is 30.0 Å². The summed E-state index contributed by atoms with van der Waals surface area (Å²) in [6.45, 7) is 1.75. The smallest absolute Gasteiger partial charge is 0.225 e. The SMILES string of the molecule is O=C(N[C@@H]1C[C@@H]1c1ccccc1)[C@@H]1CCCN(c2ccccn2)C1. The van der Waals surface area contributed by atoms with Crippen LogP contribution < -0.4 is 10.2 Å². The van der Waals surface area contributed by atoms with Crippen LogP contribution in [0.1, 0.15) is 30.7 Å². The Morgan fingerprint density at radius 1 is 1.12 bits per heavy atom. The van der Waals surface area contributed by atoms with Crippen LogP contribution in [0, 0.1) is 5.92 Å². The number of aromatic nitrogens is 1. The molecule has 1 aliphatic carbocycles. The second-order valence-electron chi connectivity index (χ2n) is 6.84. The van der Waals surface area contributed by atoms with E-state index >= 15 is 0 Å². The molecule has 1 aromatic carbocycles. The first kappa shape index (κ1) is 15.2. The third-order valence-corrected chi connectivity index (χ3v) is 5.11. The summed E-state index contributed by atoms with van der Waals surface area (Å²) in [4.78, 5) is 19.3. The molecule has 4 heteroatoms. The van der Waals surface area contributed by atoms with Gasteiger partial charge in [0, 0.05) is 31.2 Å². The van der Waals surface area contributed by atoms with Crippen molar-refractivity contribution in [1.82, 2.24) is 10.3 Å². The maximum absolute atomic E-state index is 12.6. The zero-order chi connectivity index (χ0) is 16.4. The number of benzene rings is 1. The maximum atomic E-state index is 12.6. The van der Waals surface area contributed by atoms with Crippen molar-refractivity contribution >= 4 is 11.7 Å². The second-order valence-corrected chi connectivity index (χ2v) is 6.84. The molecule has 0 unspecified atom stereocenters. The zero-order valence-electron chi connectivity index (χ0n) is 13.8. The fourth-order valence-electron chi connectivity index (χ4n) is 3.66. The summed E-state index contributed by atoms with van der Waals surface area (Å²) in [5.74, 6) is 1.74. The van der Waals surface area contributed by atoms with Gasteiger partial charge in [-0.1, -0.05) is 36.4 Å². The number of piperidine rings is 1. The van der Waals surface area contributed by atoms with Gasteiger partial charge in [0.2, 0.25) is 5.91 Å². The average Bonchev–Trinajstić information content (AvgIpc) is 3.42. The van der Waals surface area contributed by atoms with Crippen LogP contribution in [0.5, 0.6) is 0 Å². The molecule has 1 aromatic heterocycles. The van der Waals surface area contributed by atoms with Crippen LogP contribution in [0.3, 0.4) is 0 Å². The van der Waals surface area contributed by atoms with E-state index in [0.29, 0.717) is 12.0 Å². The topological polar surface area (TPSA) is 45.2 Å². The number of anilines is 1. The number of hydrogen-bond donors (Lipinski definition) is 1. The number of nitrogens with zero attached hydrogens (tertiary/aromatic N) is 2. The Bertz CT molecular complexity index is 689. The third-order valence-electron chi connectivity index (χ3n) is 5.11. The molecule has 1 saturated heterocycles. The molecule has 0 bridgehead atoms. The predicted molar refractivity (Wildman–Crippen MR) is 94.9 cm³/mol. The van der Waals surface area contributed by atoms with E-state index in [0.717, 1.165) is 38.2 Å². The minimum atomic E-state index is 0.0674. The largest absolute Gasteiger partial charge is 0.356 e. The molecule has 2 heterocycles. The average molecular weight is 321 g/mol. The van der Waals surface area contributed by atoms with E-state index in [1.807, 2.05) is 30.5 Å². The van der Waals surface area contributed by atoms with Gasteiger partial charge in [-0.2, -0.15) is 0 Å². The van der Waals surface area contributed by atoms with Crippen molar-refractivity contribution in [3.05, 3.63) is 60.3 Å². The van der Waals surface area contributed by atoms with Crippen molar-refractivity contribution in [3.8, 4) is 0 Å². The van der Waals surface area contributed by atoms with Crippen LogP contribution in [-0.2, 0) is 4.79 Å². The van der Waals surface area contributed by atoms with Crippen LogP contribution in [0.15, 0.2) is 54.7 Å². The van der Waals surface area contributed by atoms with Crippen LogP contribution >= 0.6 is 0 Å². The number of pyridine rings is 1. The van der Waals surface area contributed by atoms with Gasteiger partial charge in [0.1, 0.15) is 5.82 Å². The summed E-state index contributed by atoms with van der Waals surface area (Å²) >= 11 is 0. The standard InChI is InChI=1S/C20H23N3O/c24-20(22-18-13-17(18)15-7-2-1-3-8-15)16-9-6-12-23(14-16)19-10-4-5-11-21-19/h1-5,7-8,10-11,16-18H,6,9,12-14H2,(H,22,24)/t16-,17-,18-/m1/s1. The lowest BCUT2D eigenvalue weighted by molar-refractivity contribution is -0.125. The van der Waals surface area contributed by atoms with E-state index in [1.54, 1.807) is 0 Å². The van der Waals surface area contributed by atoms with E-state index in [4.69, 9.17) is 0 Å². The quantitative estimate of drug-likeness (QED) is 0.941. The van der Waals surface area contributed by atoms with Gasteiger partial charge in [0.15, 0.2) is 0 Å². The molecule has 4 rings (SSSR count). The molecule has 1 aliphatic heterocycles. The first-order valence-corrected chi connectivity index (χ1v) is 8.82. The molecule has 2 aliphatic rings. The van der Waals surface area contributed by atoms with Crippen LogP contribution in [0.4, 0.5) is 5.82 Å². The van der Waals surface area contributed by atoms with Crippen molar-refractivity contribution in [2.45, 2.75) is 31.2 Å². The van der Waals surface area contributed by atoms with Gasteiger partial charge in [0.05, 0.1) is 5.92 Å². The zero-order valence-corrected chi connectivity index (χ0v) is 13.8. The highest BCUT2D eigenvalue weighted by Crippen LogP contribution is 2.40. The summed E-state index contributed by atoms with van der Waals surface area (Å²) in [5, 5.41) is 3.26. The van der Waals surface area contributed by atoms with Gasteiger partial charge < -0.3 is 10.2 Å². The molecule has 0 radical (unpaired) electrons. The lowest BCUT2D eigenvalue weighted by Gasteiger charge is -2.32. The van der Waals surface area contributed by atoms with E-state index in [9.17, 15) is 4.79 Å². The minimum Gasteiger partial charge on any atom is -0.356 e. The predicted octanol–water partition coefficient (Wildman–Crippen LogP) is 2.97. The van der Waals surface area contributed by atoms with Crippen LogP contribution in [0.2, 0.25) is 0 Å². The summed E-state index contributed by atoms with van der Waals surface area (Å²) in [7, 11) is 0. The normalized spacial score (nSPS) is 26.0. The molecular formula is C20H23N3O. The molecule has 4 nitrogen and oxygen atoms in total. The number of nitrogens with one attached hydrogen (secondary N) is 1. The molecule has 0 spiro atoms. The van der Waals surface area contributed by atoms with Crippen molar-refractivity contribution in [2.75, 3.05) is 18.0 Å². The lowest BCUT2D eigenvalue weighted by Crippen LogP contribution is -2.44. The monoisotopic (exact) mass is 321 g/mol. The molecule has 24 heavy (non-hydrogen) atoms. The molecule has 124 valence electrons. The summed E-state index contributed by atoms with van der Waals surface area (Å²) in [5.41, 5.74) is 1.33. The number of rotatable bonds is 4. The van der Waals surface area contributed by atoms with Crippen molar-refractivity contribution in [1.29, 1.82) is 0 Å². The summed E-state index contributed by atoms with van der Waals surface area (Å²) in [6, 6.07) is 16.7. The Labute approximate surface area is 142 Å². The Morgan fingerprint density at radius 3 is 2.75 bits per heavy atom. The molecule has 1 N–H and O–H groups in total. The van der Waals surface area contributed by atoms with Gasteiger partial charge in [-0.05, 0) is 37.0 Å². The van der Waals surface area contributed by atoms with E-state index in [2.05, 4.69) is 39.5 Å². The fraction of sp³-hybridized carbons (Fsp3) is 0.400. The molecule has 1 amide bonds. The molecule has 2 fully saturated rings. The molecule has 1 saturated carbocycles. The molecule has 2 aromatic rings. The minimum absolute atomic E-state index is 0.0674. The Balaban J connectivity index is 1.34. The number of carbonyl (C=O) groups excluding carboxylic acids is 1. The molecular weight excluding hydrogens is 298 g/mol. The number of carbonyl (C=O) groups is 1. The van der Waals surface area contributed by atoms with Gasteiger partial charge in [-0.3, -0.25) is 4.79 Å². The van der Waals surface area contributed by atoms with Crippen molar-refractivity contribution in [3.63, 3.8) is 0 Å². The van der Waals surface area contributed by atoms with Crippen molar-refractivity contribution in [2.24, 2.45) is 5.92 Å². The van der Waals surface area contributed by atoms with Gasteiger partial charge >= 0.3 is 0 Å². The number of amides is 1. The molecule has 3 atom stereocenters. The first-order chi connectivity index (χ1) is 11.8. The fourth-order valence-corrected chi connectivity index (χ4v) is 3.66. The second kappa shape index (κ2) is 6.63. The summed E-state index contributed by atoms with van der Waals surface area (Å²) < 4.78 is 0. The van der Waals surface area contributed by atoms with Gasteiger partial charge in [-0.25, -0.2) is 4.98 Å². The summed E-state index contributed by atoms with van der Waals surface area (Å²) in [6.07, 6.45) is 4.89. The lowest BCUT2D eigenvalue weighted by atomic mass is 9.97. The van der Waals surface area contributed by atoms with Crippen molar-refractivity contribution < 1.29 is 4.79 Å². The van der Waals surface area contributed by atoms with Gasteiger partial charge in [0.25, 0.3) is 0 Å². The van der Waals surface area contributed by atoms with Gasteiger partial charge in [-0.15, -0.1) is 0 Å². The maximum Gasteiger partial charge on any atom is 0.225 e. The van der Waals surface area contributed by atoms with E-state index in [-0.39, 0.29) is 11.8 Å². The third kappa shape index (κ3) is 3.28.